The molecule has 4 aliphatic rings. The van der Waals surface area contributed by atoms with Crippen molar-refractivity contribution >= 4 is 34.5 Å². The van der Waals surface area contributed by atoms with Crippen molar-refractivity contribution in [1.29, 1.82) is 0 Å². The van der Waals surface area contributed by atoms with Gasteiger partial charge in [0.1, 0.15) is 0 Å². The molecule has 1 aromatic rings. The van der Waals surface area contributed by atoms with Crippen molar-refractivity contribution in [2.75, 3.05) is 6.54 Å². The van der Waals surface area contributed by atoms with Gasteiger partial charge in [0.2, 0.25) is 0 Å². The molecule has 4 saturated carbocycles. The number of nitrogens with one attached hydrogen (secondary N) is 1. The Bertz CT molecular complexity index is 499. The van der Waals surface area contributed by atoms with Crippen LogP contribution in [0.15, 0.2) is 6.07 Å². The Morgan fingerprint density at radius 2 is 1.76 bits per heavy atom. The molecule has 1 unspecified atom stereocenters. The number of hydrogen-bond acceptors (Lipinski definition) is 2. The Morgan fingerprint density at radius 3 is 2.24 bits per heavy atom. The largest absolute Gasteiger partial charge is 0.310 e. The van der Waals surface area contributed by atoms with E-state index in [4.69, 9.17) is 23.2 Å². The highest BCUT2D eigenvalue weighted by atomic mass is 35.5. The van der Waals surface area contributed by atoms with Gasteiger partial charge in [-0.05, 0) is 74.3 Å². The molecule has 1 nitrogen and oxygen atoms in total. The highest BCUT2D eigenvalue weighted by Crippen LogP contribution is 2.60. The predicted molar refractivity (Wildman–Crippen MR) is 91.3 cm³/mol. The van der Waals surface area contributed by atoms with Gasteiger partial charge in [-0.3, -0.25) is 0 Å². The first kappa shape index (κ1) is 14.8. The molecule has 4 bridgehead atoms. The maximum absolute atomic E-state index is 6.48. The van der Waals surface area contributed by atoms with Crippen LogP contribution in [0.4, 0.5) is 0 Å². The topological polar surface area (TPSA) is 12.0 Å². The van der Waals surface area contributed by atoms with Crippen molar-refractivity contribution in [1.82, 2.24) is 5.32 Å². The minimum absolute atomic E-state index is 0.404. The summed E-state index contributed by atoms with van der Waals surface area (Å²) in [6.07, 6.45) is 7.32. The van der Waals surface area contributed by atoms with Crippen molar-refractivity contribution in [3.8, 4) is 0 Å². The van der Waals surface area contributed by atoms with Gasteiger partial charge in [-0.2, -0.15) is 0 Å². The lowest BCUT2D eigenvalue weighted by molar-refractivity contribution is -0.0522. The molecule has 0 aliphatic heterocycles. The van der Waals surface area contributed by atoms with Gasteiger partial charge in [-0.15, -0.1) is 11.3 Å². The first-order chi connectivity index (χ1) is 10.2. The average Bonchev–Trinajstić information content (AvgIpc) is 2.75. The second kappa shape index (κ2) is 5.70. The molecule has 5 rings (SSSR count). The minimum atomic E-state index is 0.404. The molecule has 0 amide bonds. The number of rotatable bonds is 4. The zero-order valence-corrected chi connectivity index (χ0v) is 14.8. The second-order valence-corrected chi connectivity index (χ2v) is 9.61. The van der Waals surface area contributed by atoms with E-state index in [0.29, 0.717) is 6.04 Å². The third kappa shape index (κ3) is 2.56. The molecular weight excluding hydrogens is 321 g/mol. The maximum atomic E-state index is 6.48. The van der Waals surface area contributed by atoms with Crippen LogP contribution in [0.1, 0.15) is 50.6 Å². The molecule has 0 radical (unpaired) electrons. The Kier molecular flexibility index (Phi) is 4.02. The third-order valence-corrected chi connectivity index (χ3v) is 7.64. The minimum Gasteiger partial charge on any atom is -0.310 e. The van der Waals surface area contributed by atoms with E-state index in [-0.39, 0.29) is 0 Å². The molecule has 1 atom stereocenters. The summed E-state index contributed by atoms with van der Waals surface area (Å²) in [4.78, 5) is 0. The van der Waals surface area contributed by atoms with Crippen molar-refractivity contribution in [3.63, 3.8) is 0 Å². The zero-order valence-electron chi connectivity index (χ0n) is 12.4. The summed E-state index contributed by atoms with van der Waals surface area (Å²) in [7, 11) is 0. The second-order valence-electron chi connectivity index (χ2n) is 7.32. The van der Waals surface area contributed by atoms with Crippen LogP contribution < -0.4 is 5.32 Å². The van der Waals surface area contributed by atoms with Crippen LogP contribution >= 0.6 is 34.5 Å². The number of hydrogen-bond donors (Lipinski definition) is 1. The molecule has 116 valence electrons. The van der Waals surface area contributed by atoms with E-state index >= 15 is 0 Å². The van der Waals surface area contributed by atoms with Gasteiger partial charge in [0.05, 0.1) is 8.67 Å². The summed E-state index contributed by atoms with van der Waals surface area (Å²) in [5.74, 6) is 4.61. The summed E-state index contributed by atoms with van der Waals surface area (Å²) in [6, 6.07) is 2.51. The smallest absolute Gasteiger partial charge is 0.0992 e. The monoisotopic (exact) mass is 343 g/mol. The molecule has 1 heterocycles. The van der Waals surface area contributed by atoms with Crippen LogP contribution in [-0.2, 0) is 0 Å². The fourth-order valence-electron chi connectivity index (χ4n) is 5.75. The van der Waals surface area contributed by atoms with Crippen LogP contribution in [0.3, 0.4) is 0 Å². The van der Waals surface area contributed by atoms with E-state index in [1.807, 2.05) is 0 Å². The normalized spacial score (nSPS) is 38.9. The van der Waals surface area contributed by atoms with E-state index in [9.17, 15) is 0 Å². The fourth-order valence-corrected chi connectivity index (χ4v) is 7.30. The van der Waals surface area contributed by atoms with Gasteiger partial charge in [-0.1, -0.05) is 30.1 Å². The Balaban J connectivity index is 1.66. The Morgan fingerprint density at radius 1 is 1.14 bits per heavy atom. The summed E-state index contributed by atoms with van der Waals surface area (Å²) < 4.78 is 1.71. The van der Waals surface area contributed by atoms with Crippen molar-refractivity contribution in [3.05, 3.63) is 20.3 Å². The molecular formula is C17H23Cl2NS. The van der Waals surface area contributed by atoms with E-state index in [1.165, 1.54) is 49.0 Å². The van der Waals surface area contributed by atoms with E-state index in [0.717, 1.165) is 44.8 Å². The molecule has 4 heteroatoms. The molecule has 4 aliphatic carbocycles. The summed E-state index contributed by atoms with van der Waals surface area (Å²) >= 11 is 14.2. The van der Waals surface area contributed by atoms with Gasteiger partial charge in [-0.25, -0.2) is 0 Å². The lowest BCUT2D eigenvalue weighted by atomic mass is 9.50. The van der Waals surface area contributed by atoms with E-state index in [2.05, 4.69) is 18.3 Å². The molecule has 4 fully saturated rings. The van der Waals surface area contributed by atoms with Gasteiger partial charge >= 0.3 is 0 Å². The SMILES string of the molecule is CCNC(c1cc(Cl)sc1Cl)C1C2CC3CC(C2)CC1C3. The van der Waals surface area contributed by atoms with Crippen molar-refractivity contribution < 1.29 is 0 Å². The van der Waals surface area contributed by atoms with Crippen LogP contribution in [0.25, 0.3) is 0 Å². The maximum Gasteiger partial charge on any atom is 0.0992 e. The summed E-state index contributed by atoms with van der Waals surface area (Å²) in [5, 5.41) is 3.74. The van der Waals surface area contributed by atoms with Crippen LogP contribution in [0.2, 0.25) is 8.67 Å². The average molecular weight is 344 g/mol. The standard InChI is InChI=1S/C17H23Cl2NS/c1-2-20-16(13-8-14(18)21-17(13)19)15-11-4-9-3-10(6-11)7-12(15)5-9/h8-12,15-16,20H,2-7H2,1H3. The van der Waals surface area contributed by atoms with E-state index in [1.54, 1.807) is 0 Å². The molecule has 0 spiro atoms. The molecule has 0 aromatic carbocycles. The zero-order chi connectivity index (χ0) is 14.6. The predicted octanol–water partition coefficient (Wildman–Crippen LogP) is 5.78. The summed E-state index contributed by atoms with van der Waals surface area (Å²) in [6.45, 7) is 3.20. The fraction of sp³-hybridized carbons (Fsp3) is 0.765. The van der Waals surface area contributed by atoms with Crippen molar-refractivity contribution in [2.45, 2.75) is 45.1 Å². The molecule has 0 saturated heterocycles. The first-order valence-electron chi connectivity index (χ1n) is 8.33. The first-order valence-corrected chi connectivity index (χ1v) is 9.91. The van der Waals surface area contributed by atoms with Crippen LogP contribution in [0.5, 0.6) is 0 Å². The van der Waals surface area contributed by atoms with E-state index < -0.39 is 0 Å². The van der Waals surface area contributed by atoms with Gasteiger partial charge in [0.15, 0.2) is 0 Å². The number of halogens is 2. The molecule has 1 aromatic heterocycles. The molecule has 1 N–H and O–H groups in total. The quantitative estimate of drug-likeness (QED) is 0.730. The lowest BCUT2D eigenvalue weighted by Gasteiger charge is -2.56. The lowest BCUT2D eigenvalue weighted by Crippen LogP contribution is -2.49. The molecule has 21 heavy (non-hydrogen) atoms. The highest BCUT2D eigenvalue weighted by molar-refractivity contribution is 7.20. The van der Waals surface area contributed by atoms with Gasteiger partial charge < -0.3 is 5.32 Å². The van der Waals surface area contributed by atoms with Crippen LogP contribution in [-0.4, -0.2) is 6.54 Å². The van der Waals surface area contributed by atoms with Gasteiger partial charge in [0, 0.05) is 11.6 Å². The number of thiophene rings is 1. The Hall–Kier alpha value is 0.240. The summed E-state index contributed by atoms with van der Waals surface area (Å²) in [5.41, 5.74) is 1.26. The van der Waals surface area contributed by atoms with Crippen molar-refractivity contribution in [2.24, 2.45) is 29.6 Å². The van der Waals surface area contributed by atoms with Gasteiger partial charge in [0.25, 0.3) is 0 Å². The van der Waals surface area contributed by atoms with Crippen LogP contribution in [0, 0.1) is 29.6 Å². The Labute approximate surface area is 141 Å². The highest BCUT2D eigenvalue weighted by Gasteiger charge is 2.50. The third-order valence-electron chi connectivity index (χ3n) is 6.13.